The van der Waals surface area contributed by atoms with Crippen LogP contribution in [0.3, 0.4) is 0 Å². The van der Waals surface area contributed by atoms with E-state index in [1.807, 2.05) is 32.0 Å². The van der Waals surface area contributed by atoms with E-state index in [2.05, 4.69) is 5.32 Å². The van der Waals surface area contributed by atoms with Gasteiger partial charge < -0.3 is 10.4 Å². The zero-order valence-electron chi connectivity index (χ0n) is 14.4. The third kappa shape index (κ3) is 5.31. The molecule has 0 aromatic heterocycles. The van der Waals surface area contributed by atoms with E-state index in [1.54, 1.807) is 0 Å². The smallest absolute Gasteiger partial charge is 0.321 e. The maximum atomic E-state index is 12.8. The van der Waals surface area contributed by atoms with Crippen molar-refractivity contribution in [1.82, 2.24) is 9.62 Å². The molecule has 0 aliphatic rings. The largest absolute Gasteiger partial charge is 0.480 e. The van der Waals surface area contributed by atoms with Crippen LogP contribution in [0.1, 0.15) is 30.5 Å². The van der Waals surface area contributed by atoms with Crippen LogP contribution >= 0.6 is 0 Å². The molecule has 0 aliphatic heterocycles. The maximum absolute atomic E-state index is 12.8. The number of nitrogens with zero attached hydrogens (tertiary/aromatic N) is 1. The van der Waals surface area contributed by atoms with Crippen molar-refractivity contribution in [2.24, 2.45) is 0 Å². The summed E-state index contributed by atoms with van der Waals surface area (Å²) in [5.41, 5.74) is 2.34. The summed E-state index contributed by atoms with van der Waals surface area (Å²) in [5.74, 6) is -1.81. The van der Waals surface area contributed by atoms with Crippen LogP contribution in [0.4, 0.5) is 0 Å². The third-order valence-electron chi connectivity index (χ3n) is 3.82. The summed E-state index contributed by atoms with van der Waals surface area (Å²) in [6, 6.07) is 4.27. The molecule has 1 aromatic rings. The number of hydrogen-bond acceptors (Lipinski definition) is 4. The minimum Gasteiger partial charge on any atom is -0.480 e. The van der Waals surface area contributed by atoms with Crippen molar-refractivity contribution in [2.75, 3.05) is 13.1 Å². The lowest BCUT2D eigenvalue weighted by Crippen LogP contribution is -2.47. The van der Waals surface area contributed by atoms with Crippen molar-refractivity contribution >= 4 is 21.9 Å². The number of aliphatic carboxylic acids is 1. The van der Waals surface area contributed by atoms with Gasteiger partial charge >= 0.3 is 5.97 Å². The molecule has 2 N–H and O–H groups in total. The molecule has 8 heteroatoms. The quantitative estimate of drug-likeness (QED) is 0.724. The van der Waals surface area contributed by atoms with E-state index in [0.29, 0.717) is 5.56 Å². The fourth-order valence-electron chi connectivity index (χ4n) is 2.38. The number of nitrogens with one attached hydrogen (secondary N) is 1. The normalized spacial score (nSPS) is 12.9. The van der Waals surface area contributed by atoms with E-state index in [0.717, 1.165) is 15.4 Å². The molecule has 0 spiro atoms. The number of amides is 1. The summed E-state index contributed by atoms with van der Waals surface area (Å²) < 4.78 is 26.5. The van der Waals surface area contributed by atoms with Gasteiger partial charge in [0.25, 0.3) is 0 Å². The van der Waals surface area contributed by atoms with Crippen LogP contribution in [0.15, 0.2) is 18.2 Å². The van der Waals surface area contributed by atoms with E-state index in [4.69, 9.17) is 0 Å². The van der Waals surface area contributed by atoms with Crippen molar-refractivity contribution in [2.45, 2.75) is 39.5 Å². The lowest BCUT2D eigenvalue weighted by atomic mass is 10.1. The number of rotatable bonds is 8. The standard InChI is InChI=1S/C16H24N2O5S/c1-11-6-5-7-12(2)15(11)10-24(22,23)18(13(3)16(20)21)9-8-17-14(4)19/h5-7,13H,8-10H2,1-4H3,(H,17,19)(H,20,21). The Morgan fingerprint density at radius 3 is 2.25 bits per heavy atom. The molecule has 1 amide bonds. The Morgan fingerprint density at radius 1 is 1.25 bits per heavy atom. The van der Waals surface area contributed by atoms with Gasteiger partial charge in [-0.1, -0.05) is 18.2 Å². The SMILES string of the molecule is CC(=O)NCCN(C(C)C(=O)O)S(=O)(=O)Cc1c(C)cccc1C. The van der Waals surface area contributed by atoms with E-state index < -0.39 is 22.0 Å². The average molecular weight is 356 g/mol. The van der Waals surface area contributed by atoms with Crippen LogP contribution in [0.5, 0.6) is 0 Å². The van der Waals surface area contributed by atoms with Gasteiger partial charge in [0.1, 0.15) is 6.04 Å². The fourth-order valence-corrected chi connectivity index (χ4v) is 4.31. The number of benzene rings is 1. The van der Waals surface area contributed by atoms with Gasteiger partial charge in [-0.05, 0) is 37.5 Å². The van der Waals surface area contributed by atoms with Crippen LogP contribution in [0.2, 0.25) is 0 Å². The Kier molecular flexibility index (Phi) is 6.92. The number of carbonyl (C=O) groups excluding carboxylic acids is 1. The number of carboxylic acids is 1. The summed E-state index contributed by atoms with van der Waals surface area (Å²) in [4.78, 5) is 22.2. The first-order chi connectivity index (χ1) is 11.1. The number of hydrogen-bond donors (Lipinski definition) is 2. The van der Waals surface area contributed by atoms with E-state index >= 15 is 0 Å². The Balaban J connectivity index is 3.09. The second-order valence-electron chi connectivity index (χ2n) is 5.73. The molecule has 7 nitrogen and oxygen atoms in total. The van der Waals surface area contributed by atoms with E-state index in [-0.39, 0.29) is 24.7 Å². The number of sulfonamides is 1. The van der Waals surface area contributed by atoms with Crippen molar-refractivity contribution in [3.8, 4) is 0 Å². The molecule has 0 heterocycles. The predicted octanol–water partition coefficient (Wildman–Crippen LogP) is 1.04. The van der Waals surface area contributed by atoms with Crippen LogP contribution in [-0.2, 0) is 25.4 Å². The molecular formula is C16H24N2O5S. The predicted molar refractivity (Wildman–Crippen MR) is 91.0 cm³/mol. The van der Waals surface area contributed by atoms with Crippen LogP contribution in [-0.4, -0.2) is 48.8 Å². The minimum atomic E-state index is -3.86. The third-order valence-corrected chi connectivity index (χ3v) is 5.69. The highest BCUT2D eigenvalue weighted by Gasteiger charge is 2.32. The monoisotopic (exact) mass is 356 g/mol. The van der Waals surface area contributed by atoms with Gasteiger partial charge in [0.05, 0.1) is 5.75 Å². The topological polar surface area (TPSA) is 104 Å². The summed E-state index contributed by atoms with van der Waals surface area (Å²) in [5, 5.41) is 11.7. The molecule has 0 saturated heterocycles. The van der Waals surface area contributed by atoms with Gasteiger partial charge in [0.15, 0.2) is 0 Å². The van der Waals surface area contributed by atoms with E-state index in [9.17, 15) is 23.1 Å². The molecule has 0 aliphatic carbocycles. The molecule has 0 saturated carbocycles. The zero-order valence-corrected chi connectivity index (χ0v) is 15.2. The van der Waals surface area contributed by atoms with Crippen molar-refractivity contribution < 1.29 is 23.1 Å². The lowest BCUT2D eigenvalue weighted by molar-refractivity contribution is -0.140. The van der Waals surface area contributed by atoms with Gasteiger partial charge in [0.2, 0.25) is 15.9 Å². The molecule has 0 fully saturated rings. The molecule has 0 bridgehead atoms. The van der Waals surface area contributed by atoms with Crippen molar-refractivity contribution in [3.05, 3.63) is 34.9 Å². The van der Waals surface area contributed by atoms with Gasteiger partial charge in [-0.15, -0.1) is 0 Å². The van der Waals surface area contributed by atoms with E-state index in [1.165, 1.54) is 13.8 Å². The summed E-state index contributed by atoms with van der Waals surface area (Å²) in [7, 11) is -3.86. The lowest BCUT2D eigenvalue weighted by Gasteiger charge is -2.26. The van der Waals surface area contributed by atoms with Gasteiger partial charge in [-0.2, -0.15) is 4.31 Å². The molecular weight excluding hydrogens is 332 g/mol. The zero-order chi connectivity index (χ0) is 18.5. The number of carbonyl (C=O) groups is 2. The Morgan fingerprint density at radius 2 is 1.79 bits per heavy atom. The fraction of sp³-hybridized carbons (Fsp3) is 0.500. The molecule has 1 atom stereocenters. The molecule has 1 rings (SSSR count). The first-order valence-corrected chi connectivity index (χ1v) is 9.19. The highest BCUT2D eigenvalue weighted by molar-refractivity contribution is 7.88. The summed E-state index contributed by atoms with van der Waals surface area (Å²) >= 11 is 0. The van der Waals surface area contributed by atoms with Crippen molar-refractivity contribution in [3.63, 3.8) is 0 Å². The number of aryl methyl sites for hydroxylation is 2. The second-order valence-corrected chi connectivity index (χ2v) is 7.66. The van der Waals surface area contributed by atoms with Gasteiger partial charge in [-0.3, -0.25) is 9.59 Å². The number of carboxylic acid groups (broad SMARTS) is 1. The van der Waals surface area contributed by atoms with Gasteiger partial charge in [-0.25, -0.2) is 8.42 Å². The maximum Gasteiger partial charge on any atom is 0.321 e. The first-order valence-electron chi connectivity index (χ1n) is 7.58. The molecule has 0 radical (unpaired) electrons. The highest BCUT2D eigenvalue weighted by atomic mass is 32.2. The highest BCUT2D eigenvalue weighted by Crippen LogP contribution is 2.20. The Labute approximate surface area is 142 Å². The molecule has 1 aromatic carbocycles. The van der Waals surface area contributed by atoms with Gasteiger partial charge in [0, 0.05) is 20.0 Å². The second kappa shape index (κ2) is 8.25. The van der Waals surface area contributed by atoms with Crippen LogP contribution in [0, 0.1) is 13.8 Å². The Bertz CT molecular complexity index is 695. The summed E-state index contributed by atoms with van der Waals surface area (Å²) in [6.45, 7) is 6.23. The first kappa shape index (κ1) is 20.1. The molecule has 134 valence electrons. The van der Waals surface area contributed by atoms with Crippen molar-refractivity contribution in [1.29, 1.82) is 0 Å². The molecule has 1 unspecified atom stereocenters. The van der Waals surface area contributed by atoms with Crippen LogP contribution < -0.4 is 5.32 Å². The average Bonchev–Trinajstić information content (AvgIpc) is 2.46. The minimum absolute atomic E-state index is 0.0545. The Hall–Kier alpha value is -1.93. The molecule has 24 heavy (non-hydrogen) atoms. The van der Waals surface area contributed by atoms with Crippen LogP contribution in [0.25, 0.3) is 0 Å². The summed E-state index contributed by atoms with van der Waals surface area (Å²) in [6.07, 6.45) is 0.